The number of pyridine rings is 1. The summed E-state index contributed by atoms with van der Waals surface area (Å²) in [6, 6.07) is 14.9. The van der Waals surface area contributed by atoms with Crippen molar-refractivity contribution in [2.75, 3.05) is 0 Å². The summed E-state index contributed by atoms with van der Waals surface area (Å²) in [6.07, 6.45) is -0.116. The molecule has 0 fully saturated rings. The molecule has 1 heterocycles. The Balaban J connectivity index is 2.26. The van der Waals surface area contributed by atoms with Gasteiger partial charge in [-0.05, 0) is 37.4 Å². The maximum Gasteiger partial charge on any atom is 0.269 e. The summed E-state index contributed by atoms with van der Waals surface area (Å²) in [4.78, 5) is 23.2. The molecule has 6 nitrogen and oxygen atoms in total. The molecule has 0 saturated heterocycles. The number of fused-ring (bicyclic) bond motifs is 1. The number of ether oxygens (including phenoxy) is 1. The van der Waals surface area contributed by atoms with Crippen molar-refractivity contribution in [3.63, 3.8) is 0 Å². The molecular formula is C18H16N2O4. The highest BCUT2D eigenvalue weighted by atomic mass is 16.6. The van der Waals surface area contributed by atoms with Crippen molar-refractivity contribution >= 4 is 16.5 Å². The lowest BCUT2D eigenvalue weighted by Crippen LogP contribution is -2.22. The molecule has 6 heteroatoms. The van der Waals surface area contributed by atoms with Gasteiger partial charge in [0.15, 0.2) is 0 Å². The number of hydrogen-bond acceptors (Lipinski definition) is 4. The third-order valence-electron chi connectivity index (χ3n) is 3.57. The predicted octanol–water partition coefficient (Wildman–Crippen LogP) is 3.69. The standard InChI is InChI=1S/C18H16N2O4/c1-12(2)24-17-11-13-5-3-4-6-16(13)18(21)19(17)14-7-9-15(10-8-14)20(22)23/h3-12H,1-2H3. The molecule has 0 aliphatic carbocycles. The monoisotopic (exact) mass is 324 g/mol. The number of hydrogen-bond donors (Lipinski definition) is 0. The van der Waals surface area contributed by atoms with E-state index in [0.29, 0.717) is 17.0 Å². The maximum atomic E-state index is 12.9. The minimum Gasteiger partial charge on any atom is -0.476 e. The van der Waals surface area contributed by atoms with Gasteiger partial charge in [0.25, 0.3) is 11.2 Å². The fourth-order valence-electron chi connectivity index (χ4n) is 2.53. The first kappa shape index (κ1) is 15.7. The van der Waals surface area contributed by atoms with Crippen LogP contribution in [0.2, 0.25) is 0 Å². The van der Waals surface area contributed by atoms with Gasteiger partial charge in [-0.15, -0.1) is 0 Å². The molecule has 0 saturated carbocycles. The zero-order valence-corrected chi connectivity index (χ0v) is 13.3. The van der Waals surface area contributed by atoms with Crippen LogP contribution in [0.1, 0.15) is 13.8 Å². The van der Waals surface area contributed by atoms with Gasteiger partial charge in [-0.3, -0.25) is 14.9 Å². The molecule has 0 aliphatic heterocycles. The van der Waals surface area contributed by atoms with Crippen LogP contribution in [0, 0.1) is 10.1 Å². The van der Waals surface area contributed by atoms with Crippen LogP contribution in [-0.4, -0.2) is 15.6 Å². The Morgan fingerprint density at radius 1 is 1.08 bits per heavy atom. The van der Waals surface area contributed by atoms with E-state index >= 15 is 0 Å². The average Bonchev–Trinajstić information content (AvgIpc) is 2.55. The van der Waals surface area contributed by atoms with E-state index in [4.69, 9.17) is 4.74 Å². The van der Waals surface area contributed by atoms with Crippen molar-refractivity contribution < 1.29 is 9.66 Å². The lowest BCUT2D eigenvalue weighted by Gasteiger charge is -2.17. The summed E-state index contributed by atoms with van der Waals surface area (Å²) in [7, 11) is 0. The number of non-ortho nitro benzene ring substituents is 1. The quantitative estimate of drug-likeness (QED) is 0.542. The van der Waals surface area contributed by atoms with Crippen molar-refractivity contribution in [2.24, 2.45) is 0 Å². The molecule has 0 spiro atoms. The Labute approximate surface area is 138 Å². The van der Waals surface area contributed by atoms with Gasteiger partial charge in [0, 0.05) is 23.6 Å². The Morgan fingerprint density at radius 3 is 2.38 bits per heavy atom. The Bertz CT molecular complexity index is 959. The summed E-state index contributed by atoms with van der Waals surface area (Å²) in [6.45, 7) is 3.75. The van der Waals surface area contributed by atoms with E-state index in [1.807, 2.05) is 26.0 Å². The fraction of sp³-hybridized carbons (Fsp3) is 0.167. The van der Waals surface area contributed by atoms with Crippen LogP contribution < -0.4 is 10.3 Å². The number of rotatable bonds is 4. The van der Waals surface area contributed by atoms with E-state index in [1.54, 1.807) is 30.3 Å². The number of nitro groups is 1. The van der Waals surface area contributed by atoms with E-state index in [-0.39, 0.29) is 17.4 Å². The smallest absolute Gasteiger partial charge is 0.269 e. The molecule has 0 aliphatic rings. The van der Waals surface area contributed by atoms with Crippen LogP contribution in [0.5, 0.6) is 5.88 Å². The van der Waals surface area contributed by atoms with Gasteiger partial charge in [-0.25, -0.2) is 4.57 Å². The molecule has 0 radical (unpaired) electrons. The summed E-state index contributed by atoms with van der Waals surface area (Å²) in [5, 5.41) is 12.2. The molecule has 0 atom stereocenters. The average molecular weight is 324 g/mol. The highest BCUT2D eigenvalue weighted by molar-refractivity contribution is 5.83. The van der Waals surface area contributed by atoms with Crippen molar-refractivity contribution in [3.8, 4) is 11.6 Å². The molecule has 0 bridgehead atoms. The van der Waals surface area contributed by atoms with Crippen molar-refractivity contribution in [1.29, 1.82) is 0 Å². The lowest BCUT2D eigenvalue weighted by atomic mass is 10.1. The van der Waals surface area contributed by atoms with E-state index in [9.17, 15) is 14.9 Å². The zero-order valence-electron chi connectivity index (χ0n) is 13.3. The predicted molar refractivity (Wildman–Crippen MR) is 92.0 cm³/mol. The Kier molecular flexibility index (Phi) is 4.04. The summed E-state index contributed by atoms with van der Waals surface area (Å²) < 4.78 is 7.23. The van der Waals surface area contributed by atoms with Crippen LogP contribution in [0.4, 0.5) is 5.69 Å². The summed E-state index contributed by atoms with van der Waals surface area (Å²) in [5.41, 5.74) is 0.267. The van der Waals surface area contributed by atoms with Gasteiger partial charge >= 0.3 is 0 Å². The van der Waals surface area contributed by atoms with Crippen molar-refractivity contribution in [3.05, 3.63) is 75.1 Å². The molecule has 0 N–H and O–H groups in total. The number of aromatic nitrogens is 1. The fourth-order valence-corrected chi connectivity index (χ4v) is 2.53. The number of nitro benzene ring substituents is 1. The minimum absolute atomic E-state index is 0.0288. The second-order valence-electron chi connectivity index (χ2n) is 5.65. The molecule has 3 aromatic rings. The summed E-state index contributed by atoms with van der Waals surface area (Å²) >= 11 is 0. The summed E-state index contributed by atoms with van der Waals surface area (Å²) in [5.74, 6) is 0.405. The molecule has 122 valence electrons. The van der Waals surface area contributed by atoms with E-state index in [0.717, 1.165) is 5.39 Å². The molecular weight excluding hydrogens is 308 g/mol. The molecule has 0 unspecified atom stereocenters. The van der Waals surface area contributed by atoms with Gasteiger partial charge in [0.2, 0.25) is 5.88 Å². The maximum absolute atomic E-state index is 12.9. The second-order valence-corrected chi connectivity index (χ2v) is 5.65. The van der Waals surface area contributed by atoms with Gasteiger partial charge in [-0.2, -0.15) is 0 Å². The van der Waals surface area contributed by atoms with Gasteiger partial charge in [-0.1, -0.05) is 18.2 Å². The zero-order chi connectivity index (χ0) is 17.3. The number of benzene rings is 2. The minimum atomic E-state index is -0.474. The Morgan fingerprint density at radius 2 is 1.75 bits per heavy atom. The van der Waals surface area contributed by atoms with E-state index < -0.39 is 4.92 Å². The third-order valence-corrected chi connectivity index (χ3v) is 3.57. The van der Waals surface area contributed by atoms with Crippen molar-refractivity contribution in [2.45, 2.75) is 20.0 Å². The highest BCUT2D eigenvalue weighted by Gasteiger charge is 2.14. The Hall–Kier alpha value is -3.15. The first-order chi connectivity index (χ1) is 11.5. The van der Waals surface area contributed by atoms with Crippen LogP contribution >= 0.6 is 0 Å². The topological polar surface area (TPSA) is 74.4 Å². The first-order valence-electron chi connectivity index (χ1n) is 7.53. The molecule has 1 aromatic heterocycles. The van der Waals surface area contributed by atoms with Crippen LogP contribution in [0.15, 0.2) is 59.4 Å². The lowest BCUT2D eigenvalue weighted by molar-refractivity contribution is -0.384. The first-order valence-corrected chi connectivity index (χ1v) is 7.53. The molecule has 3 rings (SSSR count). The van der Waals surface area contributed by atoms with Crippen molar-refractivity contribution in [1.82, 2.24) is 4.57 Å². The molecule has 24 heavy (non-hydrogen) atoms. The van der Waals surface area contributed by atoms with Gasteiger partial charge < -0.3 is 4.74 Å². The third kappa shape index (κ3) is 2.86. The van der Waals surface area contributed by atoms with E-state index in [1.165, 1.54) is 16.7 Å². The SMILES string of the molecule is CC(C)Oc1cc2ccccc2c(=O)n1-c1ccc([N+](=O)[O-])cc1. The van der Waals surface area contributed by atoms with Crippen LogP contribution in [0.25, 0.3) is 16.5 Å². The van der Waals surface area contributed by atoms with E-state index in [2.05, 4.69) is 0 Å². The second kappa shape index (κ2) is 6.16. The van der Waals surface area contributed by atoms with Gasteiger partial charge in [0.1, 0.15) is 0 Å². The number of nitrogens with zero attached hydrogens (tertiary/aromatic N) is 2. The van der Waals surface area contributed by atoms with Crippen LogP contribution in [0.3, 0.4) is 0 Å². The molecule has 2 aromatic carbocycles. The van der Waals surface area contributed by atoms with Gasteiger partial charge in [0.05, 0.1) is 16.7 Å². The molecule has 0 amide bonds. The largest absolute Gasteiger partial charge is 0.476 e. The van der Waals surface area contributed by atoms with Crippen LogP contribution in [-0.2, 0) is 0 Å². The normalized spacial score (nSPS) is 11.0. The highest BCUT2D eigenvalue weighted by Crippen LogP contribution is 2.23.